The summed E-state index contributed by atoms with van der Waals surface area (Å²) in [5.41, 5.74) is 1.17. The number of methoxy groups -OCH3 is 1. The highest BCUT2D eigenvalue weighted by Gasteiger charge is 2.15. The summed E-state index contributed by atoms with van der Waals surface area (Å²) in [5, 5.41) is 16.8. The summed E-state index contributed by atoms with van der Waals surface area (Å²) < 4.78 is 25.6. The molecule has 0 aliphatic carbocycles. The van der Waals surface area contributed by atoms with Crippen molar-refractivity contribution in [2.24, 2.45) is 0 Å². The number of anilines is 2. The first-order chi connectivity index (χ1) is 14.0. The number of hydrogen-bond acceptors (Lipinski definition) is 7. The zero-order chi connectivity index (χ0) is 20.8. The lowest BCUT2D eigenvalue weighted by Crippen LogP contribution is -2.21. The van der Waals surface area contributed by atoms with Crippen LogP contribution in [0.5, 0.6) is 17.2 Å². The van der Waals surface area contributed by atoms with Gasteiger partial charge in [-0.25, -0.2) is 14.4 Å². The molecule has 0 radical (unpaired) electrons. The van der Waals surface area contributed by atoms with E-state index in [1.807, 2.05) is 0 Å². The summed E-state index contributed by atoms with van der Waals surface area (Å²) in [6.07, 6.45) is 2.45. The number of fused-ring (bicyclic) bond motifs is 1. The normalized spacial score (nSPS) is 10.9. The average Bonchev–Trinajstić information content (AvgIpc) is 2.73. The number of ether oxygens (including phenoxy) is 2. The maximum Gasteiger partial charge on any atom is 0.163 e. The Hall–Kier alpha value is -3.13. The van der Waals surface area contributed by atoms with Crippen LogP contribution < -0.4 is 20.1 Å². The summed E-state index contributed by atoms with van der Waals surface area (Å²) >= 11 is 0. The van der Waals surface area contributed by atoms with Crippen molar-refractivity contribution in [1.29, 1.82) is 0 Å². The van der Waals surface area contributed by atoms with Crippen LogP contribution in [0.2, 0.25) is 0 Å². The molecule has 0 saturated carbocycles. The van der Waals surface area contributed by atoms with Crippen LogP contribution in [0.3, 0.4) is 0 Å². The van der Waals surface area contributed by atoms with Gasteiger partial charge < -0.3 is 25.2 Å². The first kappa shape index (κ1) is 20.6. The van der Waals surface area contributed by atoms with Gasteiger partial charge >= 0.3 is 0 Å². The number of phenols is 1. The van der Waals surface area contributed by atoms with Crippen LogP contribution in [0.1, 0.15) is 18.9 Å². The minimum atomic E-state index is -0.487. The van der Waals surface area contributed by atoms with E-state index in [0.29, 0.717) is 40.4 Å². The van der Waals surface area contributed by atoms with Gasteiger partial charge in [0.25, 0.3) is 0 Å². The Bertz CT molecular complexity index is 997. The lowest BCUT2D eigenvalue weighted by molar-refractivity contribution is 0.293. The molecule has 1 aromatic heterocycles. The molecule has 0 unspecified atom stereocenters. The quantitative estimate of drug-likeness (QED) is 0.469. The van der Waals surface area contributed by atoms with Crippen molar-refractivity contribution in [3.05, 3.63) is 42.0 Å². The maximum absolute atomic E-state index is 14.3. The monoisotopic (exact) mass is 400 g/mol. The maximum atomic E-state index is 14.3. The molecule has 3 N–H and O–H groups in total. The van der Waals surface area contributed by atoms with Crippen LogP contribution in [0, 0.1) is 12.7 Å². The van der Waals surface area contributed by atoms with E-state index < -0.39 is 5.82 Å². The van der Waals surface area contributed by atoms with E-state index in [-0.39, 0.29) is 11.4 Å². The fourth-order valence-corrected chi connectivity index (χ4v) is 2.91. The van der Waals surface area contributed by atoms with Crippen molar-refractivity contribution >= 4 is 22.4 Å². The molecule has 0 bridgehead atoms. The van der Waals surface area contributed by atoms with Crippen LogP contribution in [0.25, 0.3) is 10.9 Å². The minimum Gasteiger partial charge on any atom is -0.508 e. The van der Waals surface area contributed by atoms with Gasteiger partial charge in [-0.3, -0.25) is 0 Å². The van der Waals surface area contributed by atoms with Gasteiger partial charge in [-0.15, -0.1) is 0 Å². The molecule has 0 atom stereocenters. The Morgan fingerprint density at radius 2 is 1.97 bits per heavy atom. The van der Waals surface area contributed by atoms with Gasteiger partial charge in [-0.1, -0.05) is 6.92 Å². The second-order valence-electron chi connectivity index (χ2n) is 6.53. The average molecular weight is 400 g/mol. The molecule has 154 valence electrons. The Labute approximate surface area is 168 Å². The van der Waals surface area contributed by atoms with Crippen molar-refractivity contribution < 1.29 is 19.0 Å². The van der Waals surface area contributed by atoms with Crippen LogP contribution in [0.4, 0.5) is 15.9 Å². The van der Waals surface area contributed by atoms with Crippen molar-refractivity contribution in [2.45, 2.75) is 20.3 Å². The fourth-order valence-electron chi connectivity index (χ4n) is 2.91. The van der Waals surface area contributed by atoms with Crippen LogP contribution in [-0.2, 0) is 0 Å². The SMILES string of the molecule is CCCNCCOc1cc2ncnc(Nc3c(F)ccc(O)c3C)c2cc1OC. The lowest BCUT2D eigenvalue weighted by Gasteiger charge is -2.15. The van der Waals surface area contributed by atoms with Crippen molar-refractivity contribution in [1.82, 2.24) is 15.3 Å². The topological polar surface area (TPSA) is 88.5 Å². The third-order valence-corrected chi connectivity index (χ3v) is 4.51. The molecule has 3 aromatic rings. The highest BCUT2D eigenvalue weighted by molar-refractivity contribution is 5.93. The molecular formula is C21H25FN4O3. The third kappa shape index (κ3) is 4.65. The van der Waals surface area contributed by atoms with E-state index in [1.165, 1.54) is 18.5 Å². The second kappa shape index (κ2) is 9.38. The molecule has 0 aliphatic rings. The molecule has 0 fully saturated rings. The zero-order valence-corrected chi connectivity index (χ0v) is 16.8. The molecule has 0 aliphatic heterocycles. The molecule has 2 aromatic carbocycles. The van der Waals surface area contributed by atoms with E-state index >= 15 is 0 Å². The third-order valence-electron chi connectivity index (χ3n) is 4.51. The summed E-state index contributed by atoms with van der Waals surface area (Å²) in [4.78, 5) is 8.53. The van der Waals surface area contributed by atoms with Crippen molar-refractivity contribution in [2.75, 3.05) is 32.1 Å². The molecule has 0 saturated heterocycles. The smallest absolute Gasteiger partial charge is 0.163 e. The first-order valence-corrected chi connectivity index (χ1v) is 9.46. The highest BCUT2D eigenvalue weighted by Crippen LogP contribution is 2.36. The van der Waals surface area contributed by atoms with Crippen molar-refractivity contribution in [3.63, 3.8) is 0 Å². The summed E-state index contributed by atoms with van der Waals surface area (Å²) in [6, 6.07) is 6.04. The molecule has 0 amide bonds. The summed E-state index contributed by atoms with van der Waals surface area (Å²) in [7, 11) is 1.55. The second-order valence-corrected chi connectivity index (χ2v) is 6.53. The van der Waals surface area contributed by atoms with E-state index in [4.69, 9.17) is 9.47 Å². The van der Waals surface area contributed by atoms with Gasteiger partial charge in [0, 0.05) is 23.6 Å². The standard InChI is InChI=1S/C21H25FN4O3/c1-4-7-23-8-9-29-19-11-16-14(10-18(19)28-3)21(25-12-24-16)26-20-13(2)17(27)6-5-15(20)22/h5-6,10-12,23,27H,4,7-9H2,1-3H3,(H,24,25,26). The van der Waals surface area contributed by atoms with Gasteiger partial charge in [0.05, 0.1) is 18.3 Å². The Balaban J connectivity index is 1.92. The number of nitrogens with one attached hydrogen (secondary N) is 2. The van der Waals surface area contributed by atoms with Gasteiger partial charge in [0.1, 0.15) is 30.3 Å². The van der Waals surface area contributed by atoms with Gasteiger partial charge in [-0.05, 0) is 38.1 Å². The summed E-state index contributed by atoms with van der Waals surface area (Å²) in [5.74, 6) is 1.01. The van der Waals surface area contributed by atoms with Gasteiger partial charge in [0.15, 0.2) is 11.5 Å². The number of aromatic hydroxyl groups is 1. The first-order valence-electron chi connectivity index (χ1n) is 9.46. The van der Waals surface area contributed by atoms with Crippen LogP contribution >= 0.6 is 0 Å². The van der Waals surface area contributed by atoms with E-state index in [9.17, 15) is 9.50 Å². The number of rotatable bonds is 9. The molecule has 29 heavy (non-hydrogen) atoms. The van der Waals surface area contributed by atoms with Crippen molar-refractivity contribution in [3.8, 4) is 17.2 Å². The van der Waals surface area contributed by atoms with Crippen LogP contribution in [0.15, 0.2) is 30.6 Å². The number of benzene rings is 2. The molecule has 8 heteroatoms. The highest BCUT2D eigenvalue weighted by atomic mass is 19.1. The zero-order valence-electron chi connectivity index (χ0n) is 16.8. The lowest BCUT2D eigenvalue weighted by atomic mass is 10.1. The number of hydrogen-bond donors (Lipinski definition) is 3. The predicted molar refractivity (Wildman–Crippen MR) is 111 cm³/mol. The predicted octanol–water partition coefficient (Wildman–Crippen LogP) is 3.91. The van der Waals surface area contributed by atoms with Gasteiger partial charge in [-0.2, -0.15) is 0 Å². The number of halogens is 1. The van der Waals surface area contributed by atoms with E-state index in [2.05, 4.69) is 27.5 Å². The number of phenolic OH excluding ortho intramolecular Hbond substituents is 1. The van der Waals surface area contributed by atoms with E-state index in [1.54, 1.807) is 26.2 Å². The number of aromatic nitrogens is 2. The van der Waals surface area contributed by atoms with E-state index in [0.717, 1.165) is 19.5 Å². The minimum absolute atomic E-state index is 0.00258. The fraction of sp³-hybridized carbons (Fsp3) is 0.333. The molecular weight excluding hydrogens is 375 g/mol. The number of nitrogens with zero attached hydrogens (tertiary/aromatic N) is 2. The largest absolute Gasteiger partial charge is 0.508 e. The Morgan fingerprint density at radius 1 is 1.14 bits per heavy atom. The van der Waals surface area contributed by atoms with Crippen LogP contribution in [-0.4, -0.2) is 41.9 Å². The molecule has 7 nitrogen and oxygen atoms in total. The Morgan fingerprint density at radius 3 is 2.72 bits per heavy atom. The Kier molecular flexibility index (Phi) is 6.66. The molecule has 1 heterocycles. The van der Waals surface area contributed by atoms with Gasteiger partial charge in [0.2, 0.25) is 0 Å². The molecule has 0 spiro atoms. The summed E-state index contributed by atoms with van der Waals surface area (Å²) in [6.45, 7) is 5.89. The molecule has 3 rings (SSSR count).